The van der Waals surface area contributed by atoms with Gasteiger partial charge < -0.3 is 14.7 Å². The summed E-state index contributed by atoms with van der Waals surface area (Å²) < 4.78 is 60.6. The molecule has 178 valence electrons. The summed E-state index contributed by atoms with van der Waals surface area (Å²) in [6.07, 6.45) is -3.37. The van der Waals surface area contributed by atoms with Crippen LogP contribution in [0.3, 0.4) is 0 Å². The molecule has 10 heteroatoms. The van der Waals surface area contributed by atoms with Crippen LogP contribution in [0.4, 0.5) is 17.6 Å². The van der Waals surface area contributed by atoms with Crippen LogP contribution < -0.4 is 4.74 Å². The standard InChI is InChI=1S/C24H20F4N2O4/c1-14-11-21(33-10-9-29-34-13-31)22(25)15(2)18(14)12-16-7-8-20(32)23(30-16)17-5-3-4-6-19(17)24(26,27)28/h3-9,11,13,32H,10,12H2,1-2H3. The van der Waals surface area contributed by atoms with Crippen molar-refractivity contribution in [3.8, 4) is 22.8 Å². The van der Waals surface area contributed by atoms with Crippen LogP contribution in [0.15, 0.2) is 47.6 Å². The SMILES string of the molecule is Cc1cc(OCC=NOC=O)c(F)c(C)c1Cc1ccc(O)c(-c2ccccc2C(F)(F)F)n1. The van der Waals surface area contributed by atoms with Gasteiger partial charge in [0.2, 0.25) is 0 Å². The molecule has 1 aromatic heterocycles. The minimum Gasteiger partial charge on any atom is -0.506 e. The van der Waals surface area contributed by atoms with Crippen molar-refractivity contribution >= 4 is 12.7 Å². The second kappa shape index (κ2) is 10.3. The highest BCUT2D eigenvalue weighted by Gasteiger charge is 2.34. The fourth-order valence-electron chi connectivity index (χ4n) is 3.47. The molecule has 0 radical (unpaired) electrons. The number of carbonyl (C=O) groups excluding carboxylic acids is 1. The lowest BCUT2D eigenvalue weighted by atomic mass is 9.96. The van der Waals surface area contributed by atoms with E-state index in [9.17, 15) is 27.5 Å². The molecule has 0 atom stereocenters. The molecule has 0 amide bonds. The Morgan fingerprint density at radius 1 is 1.15 bits per heavy atom. The first-order valence-electron chi connectivity index (χ1n) is 10.0. The number of benzene rings is 2. The average Bonchev–Trinajstić information content (AvgIpc) is 2.80. The number of pyridine rings is 1. The summed E-state index contributed by atoms with van der Waals surface area (Å²) in [5, 5.41) is 13.5. The average molecular weight is 476 g/mol. The Morgan fingerprint density at radius 3 is 2.59 bits per heavy atom. The number of halogens is 4. The van der Waals surface area contributed by atoms with Crippen molar-refractivity contribution in [3.05, 3.63) is 76.2 Å². The molecule has 1 heterocycles. The van der Waals surface area contributed by atoms with Crippen molar-refractivity contribution in [2.45, 2.75) is 26.4 Å². The third-order valence-electron chi connectivity index (χ3n) is 5.09. The van der Waals surface area contributed by atoms with Crippen LogP contribution in [0.2, 0.25) is 0 Å². The van der Waals surface area contributed by atoms with Gasteiger partial charge in [0.05, 0.1) is 11.8 Å². The molecule has 0 fully saturated rings. The van der Waals surface area contributed by atoms with Crippen LogP contribution in [0, 0.1) is 19.7 Å². The van der Waals surface area contributed by atoms with E-state index in [1.807, 2.05) is 0 Å². The number of carbonyl (C=O) groups is 1. The highest BCUT2D eigenvalue weighted by atomic mass is 19.4. The summed E-state index contributed by atoms with van der Waals surface area (Å²) in [6, 6.07) is 9.06. The molecule has 0 unspecified atom stereocenters. The monoisotopic (exact) mass is 476 g/mol. The maximum Gasteiger partial charge on any atom is 0.417 e. The van der Waals surface area contributed by atoms with E-state index in [1.54, 1.807) is 13.8 Å². The molecule has 34 heavy (non-hydrogen) atoms. The molecule has 0 spiro atoms. The number of aryl methyl sites for hydroxylation is 1. The van der Waals surface area contributed by atoms with Crippen molar-refractivity contribution in [3.63, 3.8) is 0 Å². The number of oxime groups is 1. The lowest BCUT2D eigenvalue weighted by Gasteiger charge is -2.16. The summed E-state index contributed by atoms with van der Waals surface area (Å²) in [5.74, 6) is -1.05. The zero-order chi connectivity index (χ0) is 24.9. The molecular formula is C24H20F4N2O4. The molecule has 0 aliphatic carbocycles. The number of hydrogen-bond donors (Lipinski definition) is 1. The summed E-state index contributed by atoms with van der Waals surface area (Å²) >= 11 is 0. The third kappa shape index (κ3) is 5.51. The predicted octanol–water partition coefficient (Wildman–Crippen LogP) is 5.36. The highest BCUT2D eigenvalue weighted by molar-refractivity contribution is 5.70. The van der Waals surface area contributed by atoms with Crippen LogP contribution in [-0.4, -0.2) is 29.4 Å². The summed E-state index contributed by atoms with van der Waals surface area (Å²) in [6.45, 7) is 3.28. The van der Waals surface area contributed by atoms with Gasteiger partial charge in [-0.1, -0.05) is 23.4 Å². The van der Waals surface area contributed by atoms with E-state index in [4.69, 9.17) is 4.74 Å². The third-order valence-corrected chi connectivity index (χ3v) is 5.09. The topological polar surface area (TPSA) is 81.0 Å². The molecule has 0 saturated heterocycles. The van der Waals surface area contributed by atoms with Crippen molar-refractivity contribution in [1.82, 2.24) is 4.98 Å². The van der Waals surface area contributed by atoms with E-state index < -0.39 is 23.3 Å². The van der Waals surface area contributed by atoms with E-state index in [1.165, 1.54) is 36.4 Å². The van der Waals surface area contributed by atoms with Gasteiger partial charge >= 0.3 is 12.6 Å². The number of rotatable bonds is 8. The predicted molar refractivity (Wildman–Crippen MR) is 116 cm³/mol. The maximum atomic E-state index is 14.9. The Morgan fingerprint density at radius 2 is 1.88 bits per heavy atom. The summed E-state index contributed by atoms with van der Waals surface area (Å²) in [7, 11) is 0. The first-order valence-corrected chi connectivity index (χ1v) is 10.0. The minimum absolute atomic E-state index is 0.0326. The first-order chi connectivity index (χ1) is 16.1. The molecule has 0 bridgehead atoms. The van der Waals surface area contributed by atoms with Gasteiger partial charge in [-0.25, -0.2) is 9.37 Å². The largest absolute Gasteiger partial charge is 0.506 e. The molecular weight excluding hydrogens is 456 g/mol. The highest BCUT2D eigenvalue weighted by Crippen LogP contribution is 2.39. The van der Waals surface area contributed by atoms with Gasteiger partial charge in [0.1, 0.15) is 18.1 Å². The van der Waals surface area contributed by atoms with Crippen LogP contribution in [0.1, 0.15) is 27.9 Å². The van der Waals surface area contributed by atoms with Crippen LogP contribution in [0.25, 0.3) is 11.3 Å². The van der Waals surface area contributed by atoms with E-state index in [0.717, 1.165) is 12.3 Å². The van der Waals surface area contributed by atoms with Crippen LogP contribution in [-0.2, 0) is 22.2 Å². The number of ether oxygens (including phenoxy) is 1. The van der Waals surface area contributed by atoms with Gasteiger partial charge in [0.15, 0.2) is 11.6 Å². The lowest BCUT2D eigenvalue weighted by Crippen LogP contribution is -2.08. The molecule has 2 aromatic carbocycles. The Balaban J connectivity index is 1.93. The van der Waals surface area contributed by atoms with Crippen molar-refractivity contribution in [2.24, 2.45) is 5.16 Å². The normalized spacial score (nSPS) is 11.6. The maximum absolute atomic E-state index is 14.9. The van der Waals surface area contributed by atoms with Crippen molar-refractivity contribution in [1.29, 1.82) is 0 Å². The summed E-state index contributed by atoms with van der Waals surface area (Å²) in [5.41, 5.74) is 0.497. The zero-order valence-corrected chi connectivity index (χ0v) is 18.2. The van der Waals surface area contributed by atoms with Gasteiger partial charge in [-0.2, -0.15) is 13.2 Å². The van der Waals surface area contributed by atoms with Crippen molar-refractivity contribution < 1.29 is 37.0 Å². The molecule has 3 rings (SSSR count). The van der Waals surface area contributed by atoms with E-state index in [0.29, 0.717) is 16.8 Å². The van der Waals surface area contributed by atoms with Gasteiger partial charge in [-0.05, 0) is 54.8 Å². The second-order valence-electron chi connectivity index (χ2n) is 7.30. The second-order valence-corrected chi connectivity index (χ2v) is 7.30. The van der Waals surface area contributed by atoms with Gasteiger partial charge in [-0.3, -0.25) is 4.79 Å². The number of alkyl halides is 3. The Bertz CT molecular complexity index is 1230. The first kappa shape index (κ1) is 24.7. The Hall–Kier alpha value is -3.95. The zero-order valence-electron chi connectivity index (χ0n) is 18.2. The van der Waals surface area contributed by atoms with E-state index in [2.05, 4.69) is 15.0 Å². The smallest absolute Gasteiger partial charge is 0.417 e. The number of aromatic nitrogens is 1. The van der Waals surface area contributed by atoms with Crippen molar-refractivity contribution in [2.75, 3.05) is 6.61 Å². The van der Waals surface area contributed by atoms with E-state index in [-0.39, 0.29) is 42.1 Å². The molecule has 1 N–H and O–H groups in total. The van der Waals surface area contributed by atoms with Gasteiger partial charge in [0, 0.05) is 17.7 Å². The number of aromatic hydroxyl groups is 1. The minimum atomic E-state index is -4.63. The van der Waals surface area contributed by atoms with E-state index >= 15 is 0 Å². The fraction of sp³-hybridized carbons (Fsp3) is 0.208. The molecule has 0 aliphatic heterocycles. The van der Waals surface area contributed by atoms with Crippen LogP contribution in [0.5, 0.6) is 11.5 Å². The molecule has 3 aromatic rings. The number of nitrogens with zero attached hydrogens (tertiary/aromatic N) is 2. The molecule has 0 saturated carbocycles. The summed E-state index contributed by atoms with van der Waals surface area (Å²) in [4.78, 5) is 18.4. The Kier molecular flexibility index (Phi) is 7.50. The lowest BCUT2D eigenvalue weighted by molar-refractivity contribution is -0.137. The Labute approximate surface area is 192 Å². The quantitative estimate of drug-likeness (QED) is 0.156. The fourth-order valence-corrected chi connectivity index (χ4v) is 3.47. The molecule has 6 nitrogen and oxygen atoms in total. The van der Waals surface area contributed by atoms with Gasteiger partial charge in [-0.15, -0.1) is 0 Å². The number of hydrogen-bond acceptors (Lipinski definition) is 6. The molecule has 0 aliphatic rings. The van der Waals surface area contributed by atoms with Crippen LogP contribution >= 0.6 is 0 Å². The van der Waals surface area contributed by atoms with Gasteiger partial charge in [0.25, 0.3) is 0 Å².